The first-order chi connectivity index (χ1) is 13.8. The Balaban J connectivity index is 0.00000450. The summed E-state index contributed by atoms with van der Waals surface area (Å²) in [4.78, 5) is 22.6. The quantitative estimate of drug-likeness (QED) is 0.304. The lowest BCUT2D eigenvalue weighted by Gasteiger charge is -2.14. The van der Waals surface area contributed by atoms with E-state index in [1.807, 2.05) is 18.2 Å². The molecule has 2 aromatic rings. The van der Waals surface area contributed by atoms with Crippen LogP contribution in [-0.2, 0) is 23.1 Å². The second-order valence-electron chi connectivity index (χ2n) is 8.19. The van der Waals surface area contributed by atoms with Crippen molar-refractivity contribution in [3.63, 3.8) is 0 Å². The number of thiazole rings is 1. The van der Waals surface area contributed by atoms with Crippen LogP contribution in [0.4, 0.5) is 0 Å². The van der Waals surface area contributed by atoms with E-state index in [4.69, 9.17) is 4.98 Å². The predicted octanol–water partition coefficient (Wildman–Crippen LogP) is 3.47. The summed E-state index contributed by atoms with van der Waals surface area (Å²) in [6.07, 6.45) is 1.71. The average molecular weight is 544 g/mol. The highest BCUT2D eigenvalue weighted by molar-refractivity contribution is 14.0. The van der Waals surface area contributed by atoms with E-state index in [0.29, 0.717) is 12.5 Å². The lowest BCUT2D eigenvalue weighted by molar-refractivity contribution is -0.127. The van der Waals surface area contributed by atoms with E-state index in [1.165, 1.54) is 5.56 Å². The van der Waals surface area contributed by atoms with Gasteiger partial charge in [0.05, 0.1) is 10.7 Å². The standard InChI is InChI=1S/C22H33N5OS.HI/c1-22(2,3)20-26-18(16-29-20)12-14-24-21(25-15-19(28)27(4)5)23-13-11-17-9-7-6-8-10-17;/h6-10,16H,11-15H2,1-5H3,(H2,23,24,25);1H. The number of rotatable bonds is 8. The zero-order valence-electron chi connectivity index (χ0n) is 18.6. The van der Waals surface area contributed by atoms with Gasteiger partial charge in [0.15, 0.2) is 5.96 Å². The Morgan fingerprint density at radius 3 is 2.30 bits per heavy atom. The van der Waals surface area contributed by atoms with E-state index in [1.54, 1.807) is 30.3 Å². The zero-order chi connectivity index (χ0) is 21.3. The summed E-state index contributed by atoms with van der Waals surface area (Å²) in [6, 6.07) is 10.3. The number of guanidine groups is 1. The van der Waals surface area contributed by atoms with Gasteiger partial charge >= 0.3 is 0 Å². The molecular weight excluding hydrogens is 509 g/mol. The van der Waals surface area contributed by atoms with Crippen LogP contribution in [0.2, 0.25) is 0 Å². The molecule has 8 heteroatoms. The number of nitrogens with zero attached hydrogens (tertiary/aromatic N) is 3. The second kappa shape index (κ2) is 12.9. The average Bonchev–Trinajstić information content (AvgIpc) is 3.15. The minimum atomic E-state index is -0.0246. The molecule has 0 saturated heterocycles. The maximum atomic E-state index is 11.9. The maximum Gasteiger partial charge on any atom is 0.243 e. The number of benzene rings is 1. The summed E-state index contributed by atoms with van der Waals surface area (Å²) in [5, 5.41) is 9.93. The van der Waals surface area contributed by atoms with Crippen LogP contribution in [0.25, 0.3) is 0 Å². The zero-order valence-corrected chi connectivity index (χ0v) is 21.7. The van der Waals surface area contributed by atoms with Crippen LogP contribution in [0.5, 0.6) is 0 Å². The molecule has 1 amide bonds. The van der Waals surface area contributed by atoms with Gasteiger partial charge in [-0.25, -0.2) is 9.98 Å². The Morgan fingerprint density at radius 1 is 1.10 bits per heavy atom. The van der Waals surface area contributed by atoms with Crippen LogP contribution in [0, 0.1) is 0 Å². The molecule has 0 saturated carbocycles. The summed E-state index contributed by atoms with van der Waals surface area (Å²) < 4.78 is 0. The summed E-state index contributed by atoms with van der Waals surface area (Å²) in [5.74, 6) is 0.630. The molecule has 0 radical (unpaired) electrons. The molecule has 0 atom stereocenters. The van der Waals surface area contributed by atoms with Crippen LogP contribution in [-0.4, -0.2) is 55.5 Å². The lowest BCUT2D eigenvalue weighted by Crippen LogP contribution is -2.40. The van der Waals surface area contributed by atoms with Gasteiger partial charge in [-0.2, -0.15) is 0 Å². The van der Waals surface area contributed by atoms with Crippen molar-refractivity contribution in [2.24, 2.45) is 4.99 Å². The molecule has 0 aliphatic carbocycles. The minimum Gasteiger partial charge on any atom is -0.356 e. The molecule has 166 valence electrons. The Kier molecular flexibility index (Phi) is 11.3. The molecule has 6 nitrogen and oxygen atoms in total. The fourth-order valence-corrected chi connectivity index (χ4v) is 3.45. The van der Waals surface area contributed by atoms with Crippen molar-refractivity contribution in [3.05, 3.63) is 52.0 Å². The summed E-state index contributed by atoms with van der Waals surface area (Å²) in [7, 11) is 3.48. The molecular formula is C22H34IN5OS. The first-order valence-electron chi connectivity index (χ1n) is 9.97. The van der Waals surface area contributed by atoms with Gasteiger partial charge in [0, 0.05) is 44.4 Å². The molecule has 0 unspecified atom stereocenters. The van der Waals surface area contributed by atoms with Crippen molar-refractivity contribution < 1.29 is 4.79 Å². The van der Waals surface area contributed by atoms with Crippen LogP contribution in [0.1, 0.15) is 37.0 Å². The van der Waals surface area contributed by atoms with Gasteiger partial charge in [0.2, 0.25) is 5.91 Å². The van der Waals surface area contributed by atoms with Gasteiger partial charge in [-0.15, -0.1) is 35.3 Å². The van der Waals surface area contributed by atoms with Crippen LogP contribution < -0.4 is 10.6 Å². The monoisotopic (exact) mass is 543 g/mol. The Morgan fingerprint density at radius 2 is 1.73 bits per heavy atom. The third-order valence-corrected chi connectivity index (χ3v) is 5.60. The predicted molar refractivity (Wildman–Crippen MR) is 137 cm³/mol. The highest BCUT2D eigenvalue weighted by atomic mass is 127. The van der Waals surface area contributed by atoms with E-state index >= 15 is 0 Å². The summed E-state index contributed by atoms with van der Waals surface area (Å²) >= 11 is 1.71. The number of aromatic nitrogens is 1. The lowest BCUT2D eigenvalue weighted by atomic mass is 9.98. The molecule has 2 N–H and O–H groups in total. The molecule has 0 aliphatic rings. The highest BCUT2D eigenvalue weighted by Crippen LogP contribution is 2.25. The molecule has 0 aliphatic heterocycles. The number of halogens is 1. The first kappa shape index (κ1) is 26.4. The summed E-state index contributed by atoms with van der Waals surface area (Å²) in [5.41, 5.74) is 2.43. The van der Waals surface area contributed by atoms with Gasteiger partial charge in [-0.1, -0.05) is 51.1 Å². The van der Waals surface area contributed by atoms with Gasteiger partial charge in [-0.3, -0.25) is 4.79 Å². The number of hydrogen-bond acceptors (Lipinski definition) is 4. The van der Waals surface area contributed by atoms with E-state index < -0.39 is 0 Å². The van der Waals surface area contributed by atoms with Gasteiger partial charge in [0.25, 0.3) is 0 Å². The van der Waals surface area contributed by atoms with Gasteiger partial charge in [0.1, 0.15) is 6.54 Å². The van der Waals surface area contributed by atoms with E-state index in [9.17, 15) is 4.79 Å². The van der Waals surface area contributed by atoms with Crippen LogP contribution in [0.15, 0.2) is 40.7 Å². The minimum absolute atomic E-state index is 0. The highest BCUT2D eigenvalue weighted by Gasteiger charge is 2.17. The number of amides is 1. The van der Waals surface area contributed by atoms with Crippen LogP contribution in [0.3, 0.4) is 0 Å². The molecule has 0 fully saturated rings. The smallest absolute Gasteiger partial charge is 0.243 e. The normalized spacial score (nSPS) is 11.6. The largest absolute Gasteiger partial charge is 0.356 e. The maximum absolute atomic E-state index is 11.9. The van der Waals surface area contributed by atoms with E-state index in [0.717, 1.165) is 30.1 Å². The van der Waals surface area contributed by atoms with E-state index in [2.05, 4.69) is 53.9 Å². The van der Waals surface area contributed by atoms with Gasteiger partial charge < -0.3 is 15.5 Å². The van der Waals surface area contributed by atoms with Crippen molar-refractivity contribution in [1.29, 1.82) is 0 Å². The van der Waals surface area contributed by atoms with Crippen molar-refractivity contribution in [2.75, 3.05) is 33.7 Å². The molecule has 1 aromatic carbocycles. The van der Waals surface area contributed by atoms with Crippen molar-refractivity contribution in [3.8, 4) is 0 Å². The Labute approximate surface area is 201 Å². The van der Waals surface area contributed by atoms with Gasteiger partial charge in [-0.05, 0) is 12.0 Å². The number of likely N-dealkylation sites (N-methyl/N-ethyl adjacent to an activating group) is 1. The first-order valence-corrected chi connectivity index (χ1v) is 10.8. The Bertz CT molecular complexity index is 799. The van der Waals surface area contributed by atoms with Crippen molar-refractivity contribution in [1.82, 2.24) is 20.5 Å². The third-order valence-electron chi connectivity index (χ3n) is 4.29. The number of nitrogens with one attached hydrogen (secondary N) is 2. The molecule has 0 spiro atoms. The number of carbonyl (C=O) groups is 1. The third kappa shape index (κ3) is 9.42. The molecule has 0 bridgehead atoms. The SMILES string of the molecule is CN(C)C(=O)CN=C(NCCc1ccccc1)NCCc1csc(C(C)(C)C)n1.I. The number of aliphatic imine (C=N–C) groups is 1. The van der Waals surface area contributed by atoms with E-state index in [-0.39, 0.29) is 41.8 Å². The molecule has 1 aromatic heterocycles. The molecule has 1 heterocycles. The molecule has 2 rings (SSSR count). The fourth-order valence-electron chi connectivity index (χ4n) is 2.51. The van der Waals surface area contributed by atoms with Crippen molar-refractivity contribution in [2.45, 2.75) is 39.0 Å². The Hall–Kier alpha value is -1.68. The van der Waals surface area contributed by atoms with Crippen molar-refractivity contribution >= 4 is 47.2 Å². The van der Waals surface area contributed by atoms with Crippen LogP contribution >= 0.6 is 35.3 Å². The fraction of sp³-hybridized carbons (Fsp3) is 0.500. The number of carbonyl (C=O) groups excluding carboxylic acids is 1. The topological polar surface area (TPSA) is 69.6 Å². The summed E-state index contributed by atoms with van der Waals surface area (Å²) in [6.45, 7) is 8.11. The molecule has 30 heavy (non-hydrogen) atoms. The number of hydrogen-bond donors (Lipinski definition) is 2. The second-order valence-corrected chi connectivity index (χ2v) is 9.04.